The number of amides is 2. The first-order chi connectivity index (χ1) is 12.9. The van der Waals surface area contributed by atoms with Crippen LogP contribution < -0.4 is 0 Å². The molecule has 0 aliphatic carbocycles. The fourth-order valence-corrected chi connectivity index (χ4v) is 2.32. The van der Waals surface area contributed by atoms with Crippen molar-refractivity contribution in [3.05, 3.63) is 76.8 Å². The van der Waals surface area contributed by atoms with E-state index in [1.165, 1.54) is 0 Å². The smallest absolute Gasteiger partial charge is 0.475 e. The molecule has 1 rings (SSSR count). The second-order valence-electron chi connectivity index (χ2n) is 5.81. The standard InChI is InChI=1S/C20H23N3O4/c1-5-9-15-10-7-8-11-16(15)18(24)23(13-12-14(3)4)19(25)17(22-21)20(26)27-6-2/h5,7-8,10-11H,1,3,6,9,12-13H2,2,4H3/p+1. The molecule has 1 aromatic carbocycles. The molecule has 2 amide bonds. The second-order valence-corrected chi connectivity index (χ2v) is 5.81. The van der Waals surface area contributed by atoms with Gasteiger partial charge in [0.1, 0.15) is 0 Å². The van der Waals surface area contributed by atoms with Crippen LogP contribution in [0.15, 0.2) is 60.7 Å². The fourth-order valence-electron chi connectivity index (χ4n) is 2.32. The molecule has 7 heteroatoms. The van der Waals surface area contributed by atoms with Crippen molar-refractivity contribution in [3.8, 4) is 0 Å². The van der Waals surface area contributed by atoms with E-state index < -0.39 is 23.5 Å². The summed E-state index contributed by atoms with van der Waals surface area (Å²) in [6.07, 6.45) is 2.46. The second kappa shape index (κ2) is 10.6. The normalized spacial score (nSPS) is 11.0. The summed E-state index contributed by atoms with van der Waals surface area (Å²) in [5.74, 6) is -2.40. The fraction of sp³-hybridized carbons (Fsp3) is 0.300. The zero-order valence-corrected chi connectivity index (χ0v) is 15.6. The molecule has 1 aromatic rings. The molecule has 0 heterocycles. The quantitative estimate of drug-likeness (QED) is 0.307. The van der Waals surface area contributed by atoms with Crippen LogP contribution in [0.5, 0.6) is 0 Å². The molecule has 0 saturated heterocycles. The number of ether oxygens (including phenoxy) is 1. The molecule has 1 N–H and O–H groups in total. The van der Waals surface area contributed by atoms with Crippen LogP contribution in [0.25, 0.3) is 4.98 Å². The highest BCUT2D eigenvalue weighted by Crippen LogP contribution is 2.18. The van der Waals surface area contributed by atoms with Crippen LogP contribution >= 0.6 is 0 Å². The van der Waals surface area contributed by atoms with Gasteiger partial charge in [-0.25, -0.2) is 0 Å². The molecule has 7 nitrogen and oxygen atoms in total. The number of aliphatic hydroxyl groups excluding tert-OH is 1. The first-order valence-electron chi connectivity index (χ1n) is 8.47. The minimum absolute atomic E-state index is 0.00779. The lowest BCUT2D eigenvalue weighted by Gasteiger charge is -2.19. The Hall–Kier alpha value is -3.40. The zero-order chi connectivity index (χ0) is 20.4. The van der Waals surface area contributed by atoms with Gasteiger partial charge in [0.15, 0.2) is 4.98 Å². The lowest BCUT2D eigenvalue weighted by atomic mass is 10.0. The van der Waals surface area contributed by atoms with Gasteiger partial charge in [0, 0.05) is 12.1 Å². The van der Waals surface area contributed by atoms with Gasteiger partial charge in [0.05, 0.1) is 6.61 Å². The van der Waals surface area contributed by atoms with Gasteiger partial charge in [-0.2, -0.15) is 0 Å². The monoisotopic (exact) mass is 370 g/mol. The van der Waals surface area contributed by atoms with Crippen LogP contribution in [0.1, 0.15) is 36.2 Å². The van der Waals surface area contributed by atoms with Gasteiger partial charge < -0.3 is 9.84 Å². The molecule has 0 bridgehead atoms. The van der Waals surface area contributed by atoms with Gasteiger partial charge in [-0.3, -0.25) is 14.5 Å². The van der Waals surface area contributed by atoms with Crippen molar-refractivity contribution in [2.75, 3.05) is 13.2 Å². The molecule has 0 fully saturated rings. The van der Waals surface area contributed by atoms with Crippen LogP contribution in [0, 0.1) is 5.39 Å². The van der Waals surface area contributed by atoms with E-state index in [1.54, 1.807) is 44.2 Å². The zero-order valence-electron chi connectivity index (χ0n) is 15.6. The van der Waals surface area contributed by atoms with Gasteiger partial charge in [0.2, 0.25) is 5.39 Å². The van der Waals surface area contributed by atoms with Crippen molar-refractivity contribution in [1.82, 2.24) is 4.90 Å². The lowest BCUT2D eigenvalue weighted by molar-refractivity contribution is -0.125. The topological polar surface area (TPSA) is 95.0 Å². The number of diazo groups is 1. The van der Waals surface area contributed by atoms with Crippen LogP contribution in [-0.4, -0.2) is 35.0 Å². The summed E-state index contributed by atoms with van der Waals surface area (Å²) in [4.78, 5) is 29.6. The summed E-state index contributed by atoms with van der Waals surface area (Å²) in [6, 6.07) is 6.84. The number of aliphatic hydroxyl groups is 1. The highest BCUT2D eigenvalue weighted by Gasteiger charge is 2.38. The summed E-state index contributed by atoms with van der Waals surface area (Å²) < 4.78 is 4.83. The number of benzene rings is 1. The van der Waals surface area contributed by atoms with E-state index in [9.17, 15) is 14.7 Å². The molecule has 0 radical (unpaired) electrons. The van der Waals surface area contributed by atoms with Crippen molar-refractivity contribution in [2.45, 2.75) is 26.7 Å². The minimum Gasteiger partial charge on any atom is -0.475 e. The van der Waals surface area contributed by atoms with E-state index in [-0.39, 0.29) is 13.2 Å². The Kier molecular flexibility index (Phi) is 8.46. The molecular weight excluding hydrogens is 346 g/mol. The van der Waals surface area contributed by atoms with Gasteiger partial charge in [-0.05, 0) is 38.3 Å². The molecule has 0 atom stereocenters. The van der Waals surface area contributed by atoms with Gasteiger partial charge >= 0.3 is 17.5 Å². The maximum absolute atomic E-state index is 13.1. The van der Waals surface area contributed by atoms with Crippen molar-refractivity contribution in [2.24, 2.45) is 0 Å². The number of carbonyl (C=O) groups excluding carboxylic acids is 2. The number of nitrogens with zero attached hydrogens (tertiary/aromatic N) is 3. The van der Waals surface area contributed by atoms with E-state index in [2.05, 4.69) is 18.1 Å². The summed E-state index contributed by atoms with van der Waals surface area (Å²) >= 11 is 0. The Bertz CT molecular complexity index is 806. The highest BCUT2D eigenvalue weighted by atomic mass is 16.6. The summed E-state index contributed by atoms with van der Waals surface area (Å²) in [5.41, 5.74) is 1.04. The maximum atomic E-state index is 13.1. The molecule has 0 aliphatic rings. The molecule has 0 unspecified atom stereocenters. The number of hydrogen-bond acceptors (Lipinski definition) is 5. The predicted molar refractivity (Wildman–Crippen MR) is 102 cm³/mol. The third-order valence-electron chi connectivity index (χ3n) is 3.65. The number of rotatable bonds is 9. The molecule has 0 aromatic heterocycles. The minimum atomic E-state index is -0.969. The lowest BCUT2D eigenvalue weighted by Crippen LogP contribution is -2.39. The summed E-state index contributed by atoms with van der Waals surface area (Å²) in [6.45, 7) is 10.9. The van der Waals surface area contributed by atoms with Crippen LogP contribution in [-0.2, 0) is 16.0 Å². The van der Waals surface area contributed by atoms with Crippen LogP contribution in [0.4, 0.5) is 0 Å². The molecule has 0 aliphatic heterocycles. The Morgan fingerprint density at radius 3 is 2.59 bits per heavy atom. The largest absolute Gasteiger partial charge is 0.528 e. The van der Waals surface area contributed by atoms with E-state index >= 15 is 0 Å². The maximum Gasteiger partial charge on any atom is 0.528 e. The Labute approximate surface area is 158 Å². The Morgan fingerprint density at radius 1 is 1.37 bits per heavy atom. The number of carbonyl (C=O) groups is 2. The summed E-state index contributed by atoms with van der Waals surface area (Å²) in [5, 5.41) is 19.0. The van der Waals surface area contributed by atoms with Gasteiger partial charge in [-0.15, -0.1) is 13.2 Å². The number of allylic oxidation sites excluding steroid dienone is 1. The predicted octanol–water partition coefficient (Wildman–Crippen LogP) is 3.97. The van der Waals surface area contributed by atoms with Crippen LogP contribution in [0.3, 0.4) is 0 Å². The number of imide groups is 1. The van der Waals surface area contributed by atoms with E-state index in [0.29, 0.717) is 24.0 Å². The third kappa shape index (κ3) is 5.82. The average Bonchev–Trinajstić information content (AvgIpc) is 2.63. The third-order valence-corrected chi connectivity index (χ3v) is 3.65. The SMILES string of the molecule is C=CCc1ccccc1C(=O)N(CCC(=C)C)C(=O)/C([N+]#N)=C(\O)OCC. The molecule has 0 saturated carbocycles. The van der Waals surface area contributed by atoms with Crippen molar-refractivity contribution in [3.63, 3.8) is 0 Å². The molecule has 27 heavy (non-hydrogen) atoms. The van der Waals surface area contributed by atoms with Gasteiger partial charge in [0.25, 0.3) is 5.91 Å². The van der Waals surface area contributed by atoms with E-state index in [1.807, 2.05) is 0 Å². The molecule has 142 valence electrons. The average molecular weight is 370 g/mol. The molecule has 0 spiro atoms. The van der Waals surface area contributed by atoms with Crippen molar-refractivity contribution < 1.29 is 19.4 Å². The number of hydrogen-bond donors (Lipinski definition) is 1. The Balaban J connectivity index is 3.36. The van der Waals surface area contributed by atoms with Crippen molar-refractivity contribution >= 4 is 11.8 Å². The Morgan fingerprint density at radius 2 is 2.04 bits per heavy atom. The van der Waals surface area contributed by atoms with Crippen molar-refractivity contribution in [1.29, 1.82) is 5.39 Å². The first-order valence-corrected chi connectivity index (χ1v) is 8.47. The van der Waals surface area contributed by atoms with E-state index in [4.69, 9.17) is 10.1 Å². The van der Waals surface area contributed by atoms with Crippen LogP contribution in [0.2, 0.25) is 0 Å². The van der Waals surface area contributed by atoms with E-state index in [0.717, 1.165) is 10.5 Å². The van der Waals surface area contributed by atoms with Gasteiger partial charge in [-0.1, -0.05) is 29.8 Å². The first kappa shape index (κ1) is 21.6. The molecular formula is C20H24N3O4+. The highest BCUT2D eigenvalue weighted by molar-refractivity contribution is 6.11. The summed E-state index contributed by atoms with van der Waals surface area (Å²) in [7, 11) is 0.